The fraction of sp³-hybridized carbons (Fsp3) is 0.100. The van der Waals surface area contributed by atoms with Gasteiger partial charge in [0.15, 0.2) is 4.47 Å². The van der Waals surface area contributed by atoms with Gasteiger partial charge in [-0.15, -0.1) is 23.1 Å². The highest BCUT2D eigenvalue weighted by atomic mass is 79.9. The molecule has 0 aliphatic carbocycles. The third kappa shape index (κ3) is 3.48. The van der Waals surface area contributed by atoms with Gasteiger partial charge >= 0.3 is 0 Å². The summed E-state index contributed by atoms with van der Waals surface area (Å²) in [5, 5.41) is 0. The van der Waals surface area contributed by atoms with Crippen molar-refractivity contribution in [1.29, 1.82) is 0 Å². The molecule has 0 saturated carbocycles. The summed E-state index contributed by atoms with van der Waals surface area (Å²) in [6, 6.07) is 8.28. The first kappa shape index (κ1) is 11.5. The number of aromatic nitrogens is 1. The first-order valence-corrected chi connectivity index (χ1v) is 7.20. The number of thioether (sulfide) groups is 1. The lowest BCUT2D eigenvalue weighted by Gasteiger charge is -1.98. The van der Waals surface area contributed by atoms with Crippen LogP contribution in [0, 0.1) is 0 Å². The maximum absolute atomic E-state index is 5.75. The molecule has 1 aromatic carbocycles. The van der Waals surface area contributed by atoms with E-state index in [1.807, 2.05) is 18.3 Å². The summed E-state index contributed by atoms with van der Waals surface area (Å²) < 4.78 is 1.72. The largest absolute Gasteiger partial charge is 0.233 e. The van der Waals surface area contributed by atoms with E-state index in [4.69, 9.17) is 11.6 Å². The Hall–Kier alpha value is -0.0300. The summed E-state index contributed by atoms with van der Waals surface area (Å²) in [4.78, 5) is 6.46. The zero-order valence-corrected chi connectivity index (χ0v) is 11.6. The first-order chi connectivity index (χ1) is 7.24. The van der Waals surface area contributed by atoms with Crippen LogP contribution in [0.4, 0.5) is 0 Å². The molecule has 0 bridgehead atoms. The second kappa shape index (κ2) is 5.34. The van der Waals surface area contributed by atoms with Gasteiger partial charge in [-0.05, 0) is 24.3 Å². The molecule has 0 saturated heterocycles. The number of benzene rings is 1. The lowest BCUT2D eigenvalue weighted by molar-refractivity contribution is 1.36. The smallest absolute Gasteiger partial charge is 0.183 e. The van der Waals surface area contributed by atoms with Crippen LogP contribution >= 0.6 is 50.6 Å². The van der Waals surface area contributed by atoms with E-state index in [9.17, 15) is 0 Å². The third-order valence-electron chi connectivity index (χ3n) is 1.72. The summed E-state index contributed by atoms with van der Waals surface area (Å²) in [6.45, 7) is 0. The van der Waals surface area contributed by atoms with Crippen LogP contribution in [0.1, 0.15) is 4.88 Å². The maximum atomic E-state index is 5.75. The summed E-state index contributed by atoms with van der Waals surface area (Å²) >= 11 is 12.5. The van der Waals surface area contributed by atoms with Gasteiger partial charge in [-0.25, -0.2) is 4.98 Å². The van der Waals surface area contributed by atoms with Crippen LogP contribution in [0.15, 0.2) is 39.8 Å². The van der Waals surface area contributed by atoms with Crippen molar-refractivity contribution in [3.63, 3.8) is 0 Å². The molecule has 2 aromatic rings. The second-order valence-electron chi connectivity index (χ2n) is 2.82. The number of hydrogen-bond acceptors (Lipinski definition) is 3. The Kier molecular flexibility index (Phi) is 4.08. The van der Waals surface area contributed by atoms with E-state index < -0.39 is 0 Å². The van der Waals surface area contributed by atoms with Gasteiger partial charge < -0.3 is 0 Å². The number of rotatable bonds is 3. The summed E-state index contributed by atoms with van der Waals surface area (Å²) in [5.41, 5.74) is 0. The van der Waals surface area contributed by atoms with Gasteiger partial charge in [0.2, 0.25) is 0 Å². The predicted octanol–water partition coefficient (Wildman–Crippen LogP) is 4.85. The lowest BCUT2D eigenvalue weighted by atomic mass is 10.4. The molecule has 1 heterocycles. The van der Waals surface area contributed by atoms with E-state index in [-0.39, 0.29) is 0 Å². The molecule has 0 unspecified atom stereocenters. The third-order valence-corrected chi connectivity index (χ3v) is 4.61. The van der Waals surface area contributed by atoms with Crippen LogP contribution in [0.25, 0.3) is 0 Å². The molecule has 0 amide bonds. The molecule has 0 aliphatic rings. The molecule has 1 aromatic heterocycles. The number of thiazole rings is 1. The minimum atomic E-state index is 0.612. The highest BCUT2D eigenvalue weighted by molar-refractivity contribution is 9.10. The number of nitrogens with zero attached hydrogens (tertiary/aromatic N) is 1. The van der Waals surface area contributed by atoms with E-state index in [1.54, 1.807) is 11.8 Å². The topological polar surface area (TPSA) is 12.9 Å². The highest BCUT2D eigenvalue weighted by Gasteiger charge is 2.00. The SMILES string of the molecule is Clc1ncc(CSc2ccc(Br)cc2)s1. The minimum Gasteiger partial charge on any atom is -0.233 e. The molecular weight excluding hydrogens is 314 g/mol. The molecule has 0 N–H and O–H groups in total. The van der Waals surface area contributed by atoms with Gasteiger partial charge in [-0.1, -0.05) is 27.5 Å². The van der Waals surface area contributed by atoms with Crippen molar-refractivity contribution in [2.75, 3.05) is 0 Å². The summed E-state index contributed by atoms with van der Waals surface area (Å²) in [7, 11) is 0. The molecule has 0 fully saturated rings. The standard InChI is InChI=1S/C10H7BrClNS2/c11-7-1-3-8(4-2-7)14-6-9-5-13-10(12)15-9/h1-5H,6H2. The molecule has 1 nitrogen and oxygen atoms in total. The van der Waals surface area contributed by atoms with Crippen LogP contribution in [0.2, 0.25) is 4.47 Å². The zero-order chi connectivity index (χ0) is 10.7. The Balaban J connectivity index is 1.96. The number of halogens is 2. The quantitative estimate of drug-likeness (QED) is 0.750. The van der Waals surface area contributed by atoms with Crippen molar-refractivity contribution in [1.82, 2.24) is 4.98 Å². The Morgan fingerprint density at radius 3 is 2.67 bits per heavy atom. The van der Waals surface area contributed by atoms with Gasteiger partial charge in [0.1, 0.15) is 0 Å². The predicted molar refractivity (Wildman–Crippen MR) is 70.8 cm³/mol. The van der Waals surface area contributed by atoms with Crippen molar-refractivity contribution in [2.45, 2.75) is 10.6 Å². The van der Waals surface area contributed by atoms with Crippen molar-refractivity contribution < 1.29 is 0 Å². The average molecular weight is 321 g/mol. The van der Waals surface area contributed by atoms with E-state index in [2.05, 4.69) is 33.0 Å². The monoisotopic (exact) mass is 319 g/mol. The molecule has 0 atom stereocenters. The van der Waals surface area contributed by atoms with Crippen LogP contribution in [-0.4, -0.2) is 4.98 Å². The van der Waals surface area contributed by atoms with Gasteiger partial charge in [-0.3, -0.25) is 0 Å². The minimum absolute atomic E-state index is 0.612. The lowest BCUT2D eigenvalue weighted by Crippen LogP contribution is -1.74. The van der Waals surface area contributed by atoms with Crippen molar-refractivity contribution >= 4 is 50.6 Å². The molecule has 78 valence electrons. The Bertz CT molecular complexity index is 441. The van der Waals surface area contributed by atoms with Crippen LogP contribution in [0.5, 0.6) is 0 Å². The molecule has 5 heteroatoms. The highest BCUT2D eigenvalue weighted by Crippen LogP contribution is 2.27. The average Bonchev–Trinajstić information content (AvgIpc) is 2.64. The first-order valence-electron chi connectivity index (χ1n) is 4.22. The van der Waals surface area contributed by atoms with Gasteiger partial charge in [0, 0.05) is 26.2 Å². The molecule has 0 aliphatic heterocycles. The van der Waals surface area contributed by atoms with Crippen molar-refractivity contribution in [3.05, 3.63) is 44.3 Å². The van der Waals surface area contributed by atoms with Crippen LogP contribution in [-0.2, 0) is 5.75 Å². The van der Waals surface area contributed by atoms with E-state index in [1.165, 1.54) is 21.1 Å². The molecule has 0 spiro atoms. The Labute approximate surface area is 110 Å². The van der Waals surface area contributed by atoms with Crippen LogP contribution in [0.3, 0.4) is 0 Å². The van der Waals surface area contributed by atoms with Crippen molar-refractivity contribution in [3.8, 4) is 0 Å². The normalized spacial score (nSPS) is 10.5. The zero-order valence-electron chi connectivity index (χ0n) is 7.61. The molecule has 2 rings (SSSR count). The second-order valence-corrected chi connectivity index (χ2v) is 6.48. The molecule has 0 radical (unpaired) electrons. The van der Waals surface area contributed by atoms with Gasteiger partial charge in [0.25, 0.3) is 0 Å². The fourth-order valence-corrected chi connectivity index (χ4v) is 3.20. The van der Waals surface area contributed by atoms with E-state index >= 15 is 0 Å². The Morgan fingerprint density at radius 1 is 1.33 bits per heavy atom. The van der Waals surface area contributed by atoms with E-state index in [0.29, 0.717) is 4.47 Å². The Morgan fingerprint density at radius 2 is 2.07 bits per heavy atom. The maximum Gasteiger partial charge on any atom is 0.183 e. The summed E-state index contributed by atoms with van der Waals surface area (Å²) in [5.74, 6) is 0.923. The number of hydrogen-bond donors (Lipinski definition) is 0. The molecular formula is C10H7BrClNS2. The van der Waals surface area contributed by atoms with Gasteiger partial charge in [0.05, 0.1) is 0 Å². The van der Waals surface area contributed by atoms with Crippen molar-refractivity contribution in [2.24, 2.45) is 0 Å². The van der Waals surface area contributed by atoms with Gasteiger partial charge in [-0.2, -0.15) is 0 Å². The van der Waals surface area contributed by atoms with Crippen LogP contribution < -0.4 is 0 Å². The van der Waals surface area contributed by atoms with E-state index in [0.717, 1.165) is 10.2 Å². The molecule has 15 heavy (non-hydrogen) atoms. The fourth-order valence-electron chi connectivity index (χ4n) is 1.04. The summed E-state index contributed by atoms with van der Waals surface area (Å²) in [6.07, 6.45) is 1.83.